The van der Waals surface area contributed by atoms with Crippen LogP contribution in [0.5, 0.6) is 5.75 Å². The molecule has 0 fully saturated rings. The van der Waals surface area contributed by atoms with Gasteiger partial charge in [-0.3, -0.25) is 4.55 Å². The Balaban J connectivity index is 2.90. The number of hydrogen-bond donors (Lipinski definition) is 3. The molecular weight excluding hydrogens is 208 g/mol. The molecule has 0 aromatic heterocycles. The minimum atomic E-state index is -4.25. The molecule has 1 unspecified atom stereocenters. The first-order valence-corrected chi connectivity index (χ1v) is 5.42. The summed E-state index contributed by atoms with van der Waals surface area (Å²) >= 11 is 0. The second-order valence-electron chi connectivity index (χ2n) is 2.82. The third kappa shape index (κ3) is 2.99. The molecule has 14 heavy (non-hydrogen) atoms. The van der Waals surface area contributed by atoms with E-state index in [-0.39, 0.29) is 11.3 Å². The van der Waals surface area contributed by atoms with Crippen LogP contribution >= 0.6 is 0 Å². The summed E-state index contributed by atoms with van der Waals surface area (Å²) in [6, 6.07) is 5.79. The molecule has 0 aliphatic heterocycles. The zero-order valence-electron chi connectivity index (χ0n) is 7.16. The summed E-state index contributed by atoms with van der Waals surface area (Å²) in [5.41, 5.74) is 0.0742. The Morgan fingerprint density at radius 2 is 1.86 bits per heavy atom. The highest BCUT2D eigenvalue weighted by atomic mass is 32.2. The molecule has 0 spiro atoms. The molecule has 0 saturated carbocycles. The largest absolute Gasteiger partial charge is 0.508 e. The molecule has 1 atom stereocenters. The first-order chi connectivity index (χ1) is 6.40. The minimum Gasteiger partial charge on any atom is -0.508 e. The van der Waals surface area contributed by atoms with Gasteiger partial charge in [-0.1, -0.05) is 18.2 Å². The second-order valence-corrected chi connectivity index (χ2v) is 4.32. The molecule has 0 radical (unpaired) electrons. The molecule has 0 aliphatic carbocycles. The number of phenolic OH excluding ortho intramolecular Hbond substituents is 1. The molecule has 0 amide bonds. The van der Waals surface area contributed by atoms with Crippen molar-refractivity contribution in [2.75, 3.05) is 5.75 Å². The lowest BCUT2D eigenvalue weighted by molar-refractivity contribution is 0.195. The van der Waals surface area contributed by atoms with E-state index in [0.29, 0.717) is 0 Å². The first-order valence-electron chi connectivity index (χ1n) is 3.81. The van der Waals surface area contributed by atoms with E-state index in [1.54, 1.807) is 12.1 Å². The Kier molecular flexibility index (Phi) is 3.10. The molecule has 0 aliphatic rings. The Morgan fingerprint density at radius 1 is 1.29 bits per heavy atom. The lowest BCUT2D eigenvalue weighted by atomic mass is 10.1. The average molecular weight is 218 g/mol. The summed E-state index contributed by atoms with van der Waals surface area (Å²) in [5.74, 6) is -1.03. The van der Waals surface area contributed by atoms with Gasteiger partial charge >= 0.3 is 0 Å². The number of phenols is 1. The Morgan fingerprint density at radius 3 is 2.36 bits per heavy atom. The van der Waals surface area contributed by atoms with E-state index in [1.807, 2.05) is 0 Å². The molecule has 1 aromatic carbocycles. The number of hydrogen-bond acceptors (Lipinski definition) is 4. The van der Waals surface area contributed by atoms with E-state index in [2.05, 4.69) is 0 Å². The van der Waals surface area contributed by atoms with Crippen LogP contribution < -0.4 is 0 Å². The fourth-order valence-corrected chi connectivity index (χ4v) is 1.64. The highest BCUT2D eigenvalue weighted by molar-refractivity contribution is 7.85. The third-order valence-corrected chi connectivity index (χ3v) is 2.40. The smallest absolute Gasteiger partial charge is 0.267 e. The topological polar surface area (TPSA) is 94.8 Å². The van der Waals surface area contributed by atoms with Gasteiger partial charge in [0.1, 0.15) is 11.5 Å². The highest BCUT2D eigenvalue weighted by Gasteiger charge is 2.18. The van der Waals surface area contributed by atoms with Crippen LogP contribution in [-0.4, -0.2) is 28.9 Å². The summed E-state index contributed by atoms with van der Waals surface area (Å²) in [7, 11) is -4.25. The van der Waals surface area contributed by atoms with Crippen LogP contribution in [0.4, 0.5) is 0 Å². The lowest BCUT2D eigenvalue weighted by Gasteiger charge is -2.10. The number of para-hydroxylation sites is 1. The van der Waals surface area contributed by atoms with Crippen molar-refractivity contribution in [1.29, 1.82) is 0 Å². The monoisotopic (exact) mass is 218 g/mol. The van der Waals surface area contributed by atoms with Gasteiger partial charge < -0.3 is 10.2 Å². The first kappa shape index (κ1) is 11.0. The Bertz CT molecular complexity index is 411. The Hall–Kier alpha value is -1.11. The van der Waals surface area contributed by atoms with Crippen LogP contribution in [0.15, 0.2) is 24.3 Å². The van der Waals surface area contributed by atoms with Crippen molar-refractivity contribution in [1.82, 2.24) is 0 Å². The fourth-order valence-electron chi connectivity index (χ4n) is 1.06. The maximum atomic E-state index is 10.4. The van der Waals surface area contributed by atoms with Crippen LogP contribution in [0.1, 0.15) is 11.7 Å². The normalized spacial score (nSPS) is 13.9. The molecule has 1 aromatic rings. The number of rotatable bonds is 3. The summed E-state index contributed by atoms with van der Waals surface area (Å²) < 4.78 is 29.4. The SMILES string of the molecule is O=S(=O)(O)CC(O)c1ccccc1O. The summed E-state index contributed by atoms with van der Waals surface area (Å²) in [6.07, 6.45) is -1.42. The molecule has 0 saturated heterocycles. The maximum Gasteiger partial charge on any atom is 0.267 e. The molecule has 3 N–H and O–H groups in total. The standard InChI is InChI=1S/C8H10O5S/c9-7-4-2-1-3-6(7)8(10)5-14(11,12)13/h1-4,8-10H,5H2,(H,11,12,13). The van der Waals surface area contributed by atoms with Crippen molar-refractivity contribution in [3.63, 3.8) is 0 Å². The van der Waals surface area contributed by atoms with Crippen LogP contribution in [0, 0.1) is 0 Å². The zero-order valence-corrected chi connectivity index (χ0v) is 7.98. The third-order valence-electron chi connectivity index (χ3n) is 1.66. The van der Waals surface area contributed by atoms with Gasteiger partial charge in [-0.25, -0.2) is 0 Å². The van der Waals surface area contributed by atoms with E-state index in [1.165, 1.54) is 12.1 Å². The molecule has 5 nitrogen and oxygen atoms in total. The molecule has 0 heterocycles. The number of aliphatic hydroxyl groups is 1. The molecule has 1 rings (SSSR count). The summed E-state index contributed by atoms with van der Waals surface area (Å²) in [4.78, 5) is 0. The summed E-state index contributed by atoms with van der Waals surface area (Å²) in [6.45, 7) is 0. The van der Waals surface area contributed by atoms with Crippen LogP contribution in [0.2, 0.25) is 0 Å². The molecule has 0 bridgehead atoms. The molecule has 78 valence electrons. The quantitative estimate of drug-likeness (QED) is 0.635. The minimum absolute atomic E-state index is 0.0742. The number of aromatic hydroxyl groups is 1. The van der Waals surface area contributed by atoms with Crippen molar-refractivity contribution in [3.8, 4) is 5.75 Å². The van der Waals surface area contributed by atoms with Crippen LogP contribution in [-0.2, 0) is 10.1 Å². The van der Waals surface area contributed by atoms with Gasteiger partial charge in [-0.15, -0.1) is 0 Å². The van der Waals surface area contributed by atoms with Crippen molar-refractivity contribution >= 4 is 10.1 Å². The van der Waals surface area contributed by atoms with Crippen LogP contribution in [0.25, 0.3) is 0 Å². The zero-order chi connectivity index (χ0) is 10.8. The second kappa shape index (κ2) is 3.95. The van der Waals surface area contributed by atoms with Crippen molar-refractivity contribution in [2.45, 2.75) is 6.10 Å². The number of benzene rings is 1. The van der Waals surface area contributed by atoms with Gasteiger partial charge in [0.05, 0.1) is 6.10 Å². The highest BCUT2D eigenvalue weighted by Crippen LogP contribution is 2.24. The van der Waals surface area contributed by atoms with E-state index < -0.39 is 22.0 Å². The van der Waals surface area contributed by atoms with Crippen molar-refractivity contribution in [3.05, 3.63) is 29.8 Å². The van der Waals surface area contributed by atoms with Gasteiger partial charge in [-0.2, -0.15) is 8.42 Å². The predicted molar refractivity (Wildman–Crippen MR) is 49.5 cm³/mol. The van der Waals surface area contributed by atoms with Crippen molar-refractivity contribution < 1.29 is 23.2 Å². The summed E-state index contributed by atoms with van der Waals surface area (Å²) in [5, 5.41) is 18.6. The van der Waals surface area contributed by atoms with E-state index in [0.717, 1.165) is 0 Å². The lowest BCUT2D eigenvalue weighted by Crippen LogP contribution is -2.13. The van der Waals surface area contributed by atoms with Gasteiger partial charge in [0.15, 0.2) is 0 Å². The van der Waals surface area contributed by atoms with Gasteiger partial charge in [-0.05, 0) is 6.07 Å². The fraction of sp³-hybridized carbons (Fsp3) is 0.250. The van der Waals surface area contributed by atoms with E-state index >= 15 is 0 Å². The van der Waals surface area contributed by atoms with Crippen LogP contribution in [0.3, 0.4) is 0 Å². The van der Waals surface area contributed by atoms with Gasteiger partial charge in [0.2, 0.25) is 0 Å². The Labute approximate surface area is 81.4 Å². The molecular formula is C8H10O5S. The predicted octanol–water partition coefficient (Wildman–Crippen LogP) is 0.313. The maximum absolute atomic E-state index is 10.4. The van der Waals surface area contributed by atoms with E-state index in [9.17, 15) is 18.6 Å². The molecule has 6 heteroatoms. The van der Waals surface area contributed by atoms with Gasteiger partial charge in [0, 0.05) is 5.56 Å². The number of aliphatic hydroxyl groups excluding tert-OH is 1. The van der Waals surface area contributed by atoms with Crippen molar-refractivity contribution in [2.24, 2.45) is 0 Å². The van der Waals surface area contributed by atoms with E-state index in [4.69, 9.17) is 4.55 Å². The average Bonchev–Trinajstić information content (AvgIpc) is 2.01. The van der Waals surface area contributed by atoms with Gasteiger partial charge in [0.25, 0.3) is 10.1 Å².